The number of hydrogen-bond acceptors (Lipinski definition) is 2. The van der Waals surface area contributed by atoms with Crippen LogP contribution in [0.5, 0.6) is 0 Å². The van der Waals surface area contributed by atoms with Gasteiger partial charge in [-0.1, -0.05) is 33.6 Å². The van der Waals surface area contributed by atoms with Gasteiger partial charge in [-0.25, -0.2) is 0 Å². The standard InChI is InChI=1S/C15H20BrClN2/c1-19(9-10-2-3-11(16)6-15(10)17)14-7-12-4-5-13(8-14)18-12/h2-3,6,12-14,18H,4-5,7-9H2,1H3. The Morgan fingerprint density at radius 3 is 2.63 bits per heavy atom. The highest BCUT2D eigenvalue weighted by Gasteiger charge is 2.34. The minimum atomic E-state index is 0.693. The van der Waals surface area contributed by atoms with Crippen LogP contribution in [0.15, 0.2) is 22.7 Å². The highest BCUT2D eigenvalue weighted by Crippen LogP contribution is 2.30. The second-order valence-electron chi connectivity index (χ2n) is 5.91. The van der Waals surface area contributed by atoms with Gasteiger partial charge < -0.3 is 5.32 Å². The third-order valence-electron chi connectivity index (χ3n) is 4.51. The first-order valence-corrected chi connectivity index (χ1v) is 8.19. The van der Waals surface area contributed by atoms with Crippen molar-refractivity contribution in [1.29, 1.82) is 0 Å². The number of nitrogens with zero attached hydrogens (tertiary/aromatic N) is 1. The molecule has 0 amide bonds. The van der Waals surface area contributed by atoms with Crippen LogP contribution in [-0.4, -0.2) is 30.1 Å². The molecule has 104 valence electrons. The molecule has 0 radical (unpaired) electrons. The summed E-state index contributed by atoms with van der Waals surface area (Å²) in [5.74, 6) is 0. The predicted molar refractivity (Wildman–Crippen MR) is 83.6 cm³/mol. The summed E-state index contributed by atoms with van der Waals surface area (Å²) in [6, 6.07) is 8.35. The van der Waals surface area contributed by atoms with Crippen molar-refractivity contribution in [3.63, 3.8) is 0 Å². The SMILES string of the molecule is CN(Cc1ccc(Br)cc1Cl)C1CC2CCC(C1)N2. The average Bonchev–Trinajstić information content (AvgIpc) is 2.71. The van der Waals surface area contributed by atoms with E-state index in [9.17, 15) is 0 Å². The molecule has 0 aromatic heterocycles. The summed E-state index contributed by atoms with van der Waals surface area (Å²) >= 11 is 9.77. The number of fused-ring (bicyclic) bond motifs is 2. The molecule has 19 heavy (non-hydrogen) atoms. The summed E-state index contributed by atoms with van der Waals surface area (Å²) in [6.45, 7) is 0.941. The van der Waals surface area contributed by atoms with Crippen molar-refractivity contribution in [3.05, 3.63) is 33.3 Å². The Morgan fingerprint density at radius 1 is 1.32 bits per heavy atom. The lowest BCUT2D eigenvalue weighted by molar-refractivity contribution is 0.166. The van der Waals surface area contributed by atoms with Gasteiger partial charge in [0, 0.05) is 34.2 Å². The van der Waals surface area contributed by atoms with Gasteiger partial charge in [0.2, 0.25) is 0 Å². The van der Waals surface area contributed by atoms with E-state index in [1.165, 1.54) is 31.2 Å². The minimum Gasteiger partial charge on any atom is -0.311 e. The first kappa shape index (κ1) is 13.9. The number of benzene rings is 1. The molecule has 2 unspecified atom stereocenters. The molecule has 2 nitrogen and oxygen atoms in total. The van der Waals surface area contributed by atoms with Gasteiger partial charge in [0.15, 0.2) is 0 Å². The summed E-state index contributed by atoms with van der Waals surface area (Å²) in [4.78, 5) is 2.47. The molecule has 0 spiro atoms. The largest absolute Gasteiger partial charge is 0.311 e. The van der Waals surface area contributed by atoms with Crippen molar-refractivity contribution < 1.29 is 0 Å². The molecule has 3 rings (SSSR count). The molecule has 1 aromatic rings. The Kier molecular flexibility index (Phi) is 4.18. The molecular formula is C15H20BrClN2. The van der Waals surface area contributed by atoms with E-state index in [-0.39, 0.29) is 0 Å². The number of rotatable bonds is 3. The maximum atomic E-state index is 6.31. The fraction of sp³-hybridized carbons (Fsp3) is 0.600. The number of halogens is 2. The van der Waals surface area contributed by atoms with Crippen LogP contribution in [-0.2, 0) is 6.54 Å². The normalized spacial score (nSPS) is 30.0. The molecule has 1 N–H and O–H groups in total. The highest BCUT2D eigenvalue weighted by atomic mass is 79.9. The second-order valence-corrected chi connectivity index (χ2v) is 7.24. The molecule has 0 aliphatic carbocycles. The van der Waals surface area contributed by atoms with Crippen LogP contribution in [0.25, 0.3) is 0 Å². The molecule has 4 heteroatoms. The Labute approximate surface area is 128 Å². The lowest BCUT2D eigenvalue weighted by atomic mass is 9.98. The monoisotopic (exact) mass is 342 g/mol. The number of nitrogens with one attached hydrogen (secondary N) is 1. The van der Waals surface area contributed by atoms with Crippen molar-refractivity contribution in [2.75, 3.05) is 7.05 Å². The lowest BCUT2D eigenvalue weighted by Crippen LogP contribution is -2.46. The van der Waals surface area contributed by atoms with Crippen molar-refractivity contribution in [3.8, 4) is 0 Å². The molecule has 2 aliphatic rings. The van der Waals surface area contributed by atoms with Crippen molar-refractivity contribution in [2.24, 2.45) is 0 Å². The molecule has 2 atom stereocenters. The van der Waals surface area contributed by atoms with Crippen LogP contribution in [0.3, 0.4) is 0 Å². The van der Waals surface area contributed by atoms with E-state index in [1.54, 1.807) is 0 Å². The van der Waals surface area contributed by atoms with E-state index < -0.39 is 0 Å². The van der Waals surface area contributed by atoms with Gasteiger partial charge in [0.05, 0.1) is 0 Å². The van der Waals surface area contributed by atoms with E-state index in [4.69, 9.17) is 11.6 Å². The molecule has 2 saturated heterocycles. The second kappa shape index (κ2) is 5.72. The van der Waals surface area contributed by atoms with Crippen LogP contribution < -0.4 is 5.32 Å². The van der Waals surface area contributed by atoms with Gasteiger partial charge in [-0.2, -0.15) is 0 Å². The summed E-state index contributed by atoms with van der Waals surface area (Å²) in [5, 5.41) is 4.56. The van der Waals surface area contributed by atoms with E-state index >= 15 is 0 Å². The average molecular weight is 344 g/mol. The van der Waals surface area contributed by atoms with E-state index in [1.807, 2.05) is 6.07 Å². The summed E-state index contributed by atoms with van der Waals surface area (Å²) in [7, 11) is 2.23. The molecule has 2 fully saturated rings. The Bertz CT molecular complexity index is 453. The zero-order valence-electron chi connectivity index (χ0n) is 11.2. The maximum absolute atomic E-state index is 6.31. The molecule has 2 bridgehead atoms. The molecular weight excluding hydrogens is 324 g/mol. The highest BCUT2D eigenvalue weighted by molar-refractivity contribution is 9.10. The van der Waals surface area contributed by atoms with Crippen molar-refractivity contribution in [1.82, 2.24) is 10.2 Å². The van der Waals surface area contributed by atoms with Crippen LogP contribution in [0, 0.1) is 0 Å². The predicted octanol–water partition coefficient (Wildman–Crippen LogP) is 3.82. The van der Waals surface area contributed by atoms with Crippen LogP contribution in [0.2, 0.25) is 5.02 Å². The van der Waals surface area contributed by atoms with Gasteiger partial charge in [-0.3, -0.25) is 4.90 Å². The fourth-order valence-electron chi connectivity index (χ4n) is 3.43. The molecule has 2 heterocycles. The first-order chi connectivity index (χ1) is 9.11. The van der Waals surface area contributed by atoms with Crippen LogP contribution >= 0.6 is 27.5 Å². The van der Waals surface area contributed by atoms with E-state index in [2.05, 4.69) is 45.3 Å². The van der Waals surface area contributed by atoms with Gasteiger partial charge in [-0.15, -0.1) is 0 Å². The third kappa shape index (κ3) is 3.15. The van der Waals surface area contributed by atoms with Gasteiger partial charge in [-0.05, 0) is 50.4 Å². The van der Waals surface area contributed by atoms with Crippen molar-refractivity contribution >= 4 is 27.5 Å². The van der Waals surface area contributed by atoms with Gasteiger partial charge >= 0.3 is 0 Å². The topological polar surface area (TPSA) is 15.3 Å². The van der Waals surface area contributed by atoms with E-state index in [0.29, 0.717) is 6.04 Å². The van der Waals surface area contributed by atoms with Crippen LogP contribution in [0.4, 0.5) is 0 Å². The quantitative estimate of drug-likeness (QED) is 0.897. The lowest BCUT2D eigenvalue weighted by Gasteiger charge is -2.35. The fourth-order valence-corrected chi connectivity index (χ4v) is 4.17. The van der Waals surface area contributed by atoms with Gasteiger partial charge in [0.25, 0.3) is 0 Å². The third-order valence-corrected chi connectivity index (χ3v) is 5.35. The van der Waals surface area contributed by atoms with E-state index in [0.717, 1.165) is 28.1 Å². The minimum absolute atomic E-state index is 0.693. The molecule has 0 saturated carbocycles. The molecule has 1 aromatic carbocycles. The first-order valence-electron chi connectivity index (χ1n) is 7.02. The molecule has 2 aliphatic heterocycles. The maximum Gasteiger partial charge on any atom is 0.0462 e. The van der Waals surface area contributed by atoms with Gasteiger partial charge in [0.1, 0.15) is 0 Å². The number of piperidine rings is 1. The Balaban J connectivity index is 1.66. The summed E-state index contributed by atoms with van der Waals surface area (Å²) in [6.07, 6.45) is 5.27. The Hall–Kier alpha value is -0.0900. The summed E-state index contributed by atoms with van der Waals surface area (Å²) in [5.41, 5.74) is 1.22. The summed E-state index contributed by atoms with van der Waals surface area (Å²) < 4.78 is 1.05. The van der Waals surface area contributed by atoms with Crippen LogP contribution in [0.1, 0.15) is 31.2 Å². The Morgan fingerprint density at radius 2 is 2.00 bits per heavy atom. The number of hydrogen-bond donors (Lipinski definition) is 1. The zero-order valence-corrected chi connectivity index (χ0v) is 13.5. The smallest absolute Gasteiger partial charge is 0.0462 e. The van der Waals surface area contributed by atoms with Crippen molar-refractivity contribution in [2.45, 2.75) is 50.4 Å². The zero-order chi connectivity index (χ0) is 13.4.